The fraction of sp³-hybridized carbons (Fsp3) is 0.188. The first-order valence-corrected chi connectivity index (χ1v) is 8.22. The third-order valence-corrected chi connectivity index (χ3v) is 5.00. The molecule has 0 saturated heterocycles. The molecule has 0 aliphatic heterocycles. The molecule has 22 heavy (non-hydrogen) atoms. The fourth-order valence-electron chi connectivity index (χ4n) is 2.05. The molecule has 0 aromatic heterocycles. The second-order valence-electron chi connectivity index (χ2n) is 5.04. The molecule has 2 rings (SSSR count). The maximum atomic E-state index is 12.7. The Kier molecular flexibility index (Phi) is 4.95. The summed E-state index contributed by atoms with van der Waals surface area (Å²) >= 11 is 0. The van der Waals surface area contributed by atoms with Crippen molar-refractivity contribution < 1.29 is 13.2 Å². The van der Waals surface area contributed by atoms with Gasteiger partial charge in [-0.2, -0.15) is 4.31 Å². The van der Waals surface area contributed by atoms with E-state index in [1.54, 1.807) is 24.3 Å². The second kappa shape index (κ2) is 6.72. The summed E-state index contributed by atoms with van der Waals surface area (Å²) in [5.41, 5.74) is 6.95. The third-order valence-electron chi connectivity index (χ3n) is 3.19. The van der Waals surface area contributed by atoms with Crippen LogP contribution in [0.25, 0.3) is 0 Å². The Morgan fingerprint density at radius 3 is 2.18 bits per heavy atom. The summed E-state index contributed by atoms with van der Waals surface area (Å²) in [5.74, 6) is -0.688. The zero-order valence-electron chi connectivity index (χ0n) is 12.3. The number of nitrogens with zero attached hydrogens (tertiary/aromatic N) is 1. The number of nitrogens with two attached hydrogens (primary N) is 1. The van der Waals surface area contributed by atoms with Gasteiger partial charge in [-0.05, 0) is 24.6 Å². The van der Waals surface area contributed by atoms with Gasteiger partial charge in [0.25, 0.3) is 0 Å². The van der Waals surface area contributed by atoms with Gasteiger partial charge in [0.05, 0.1) is 11.4 Å². The van der Waals surface area contributed by atoms with Crippen molar-refractivity contribution in [3.63, 3.8) is 0 Å². The van der Waals surface area contributed by atoms with E-state index in [2.05, 4.69) is 0 Å². The van der Waals surface area contributed by atoms with Crippen LogP contribution in [0.15, 0.2) is 59.5 Å². The highest BCUT2D eigenvalue weighted by atomic mass is 32.2. The molecule has 0 heterocycles. The molecular formula is C16H18N2O3S. The molecule has 2 aromatic rings. The molecule has 0 aliphatic rings. The molecule has 0 spiro atoms. The molecule has 5 nitrogen and oxygen atoms in total. The Bertz CT molecular complexity index is 741. The van der Waals surface area contributed by atoms with E-state index < -0.39 is 15.9 Å². The highest BCUT2D eigenvalue weighted by molar-refractivity contribution is 7.89. The third kappa shape index (κ3) is 3.93. The molecule has 0 radical (unpaired) electrons. The second-order valence-corrected chi connectivity index (χ2v) is 6.98. The molecule has 0 unspecified atom stereocenters. The van der Waals surface area contributed by atoms with E-state index in [-0.39, 0.29) is 18.0 Å². The van der Waals surface area contributed by atoms with Crippen molar-refractivity contribution in [2.75, 3.05) is 6.54 Å². The van der Waals surface area contributed by atoms with Gasteiger partial charge in [-0.15, -0.1) is 0 Å². The molecule has 0 bridgehead atoms. The molecule has 0 saturated carbocycles. The molecule has 0 atom stereocenters. The number of amides is 1. The standard InChI is InChI=1S/C16H18N2O3S/c1-13-7-9-15(10-8-13)22(20,21)18(12-16(17)19)11-14-5-3-2-4-6-14/h2-10H,11-12H2,1H3,(H2,17,19). The summed E-state index contributed by atoms with van der Waals surface area (Å²) in [7, 11) is -3.78. The van der Waals surface area contributed by atoms with Crippen LogP contribution in [-0.4, -0.2) is 25.2 Å². The lowest BCUT2D eigenvalue weighted by Gasteiger charge is -2.21. The first-order valence-electron chi connectivity index (χ1n) is 6.78. The first-order chi connectivity index (χ1) is 10.4. The quantitative estimate of drug-likeness (QED) is 0.880. The van der Waals surface area contributed by atoms with Gasteiger partial charge >= 0.3 is 0 Å². The van der Waals surface area contributed by atoms with Gasteiger partial charge < -0.3 is 5.73 Å². The van der Waals surface area contributed by atoms with Crippen molar-refractivity contribution in [1.29, 1.82) is 0 Å². The van der Waals surface area contributed by atoms with Gasteiger partial charge in [0.2, 0.25) is 15.9 Å². The van der Waals surface area contributed by atoms with Crippen molar-refractivity contribution in [2.24, 2.45) is 5.73 Å². The minimum Gasteiger partial charge on any atom is -0.369 e. The SMILES string of the molecule is Cc1ccc(S(=O)(=O)N(CC(N)=O)Cc2ccccc2)cc1. The summed E-state index contributed by atoms with van der Waals surface area (Å²) in [6.07, 6.45) is 0. The number of carbonyl (C=O) groups is 1. The Morgan fingerprint density at radius 2 is 1.64 bits per heavy atom. The van der Waals surface area contributed by atoms with Crippen molar-refractivity contribution in [3.8, 4) is 0 Å². The highest BCUT2D eigenvalue weighted by Crippen LogP contribution is 2.18. The molecular weight excluding hydrogens is 300 g/mol. The van der Waals surface area contributed by atoms with Gasteiger partial charge in [0.1, 0.15) is 0 Å². The number of carbonyl (C=O) groups excluding carboxylic acids is 1. The molecule has 6 heteroatoms. The Hall–Kier alpha value is -2.18. The zero-order chi connectivity index (χ0) is 16.2. The molecule has 0 aliphatic carbocycles. The topological polar surface area (TPSA) is 80.5 Å². The van der Waals surface area contributed by atoms with E-state index in [0.29, 0.717) is 0 Å². The van der Waals surface area contributed by atoms with Gasteiger partial charge in [0.15, 0.2) is 0 Å². The van der Waals surface area contributed by atoms with Crippen molar-refractivity contribution in [3.05, 3.63) is 65.7 Å². The Labute approximate surface area is 130 Å². The van der Waals surface area contributed by atoms with Crippen LogP contribution in [0.2, 0.25) is 0 Å². The van der Waals surface area contributed by atoms with Crippen molar-refractivity contribution in [1.82, 2.24) is 4.31 Å². The smallest absolute Gasteiger partial charge is 0.243 e. The summed E-state index contributed by atoms with van der Waals surface area (Å²) in [4.78, 5) is 11.4. The van der Waals surface area contributed by atoms with E-state index in [4.69, 9.17) is 5.73 Å². The van der Waals surface area contributed by atoms with Crippen LogP contribution in [0.5, 0.6) is 0 Å². The average Bonchev–Trinajstić information content (AvgIpc) is 2.47. The van der Waals surface area contributed by atoms with Crippen LogP contribution >= 0.6 is 0 Å². The van der Waals surface area contributed by atoms with Crippen LogP contribution < -0.4 is 5.73 Å². The number of aryl methyl sites for hydroxylation is 1. The zero-order valence-corrected chi connectivity index (χ0v) is 13.1. The first kappa shape index (κ1) is 16.2. The normalized spacial score (nSPS) is 11.5. The monoisotopic (exact) mass is 318 g/mol. The van der Waals surface area contributed by atoms with Gasteiger partial charge in [-0.1, -0.05) is 48.0 Å². The van der Waals surface area contributed by atoms with Crippen LogP contribution in [-0.2, 0) is 21.4 Å². The fourth-order valence-corrected chi connectivity index (χ4v) is 3.44. The highest BCUT2D eigenvalue weighted by Gasteiger charge is 2.26. The molecule has 116 valence electrons. The van der Waals surface area contributed by atoms with Crippen LogP contribution in [0.1, 0.15) is 11.1 Å². The molecule has 2 aromatic carbocycles. The predicted molar refractivity (Wildman–Crippen MR) is 84.4 cm³/mol. The number of hydrogen-bond acceptors (Lipinski definition) is 3. The Morgan fingerprint density at radius 1 is 1.05 bits per heavy atom. The summed E-state index contributed by atoms with van der Waals surface area (Å²) < 4.78 is 26.5. The number of sulfonamides is 1. The molecule has 1 amide bonds. The molecule has 0 fully saturated rings. The van der Waals surface area contributed by atoms with Gasteiger partial charge in [0, 0.05) is 6.54 Å². The van der Waals surface area contributed by atoms with Crippen LogP contribution in [0.3, 0.4) is 0 Å². The van der Waals surface area contributed by atoms with Crippen LogP contribution in [0.4, 0.5) is 0 Å². The van der Waals surface area contributed by atoms with E-state index in [0.717, 1.165) is 15.4 Å². The van der Waals surface area contributed by atoms with E-state index in [1.807, 2.05) is 25.1 Å². The van der Waals surface area contributed by atoms with E-state index in [9.17, 15) is 13.2 Å². The lowest BCUT2D eigenvalue weighted by atomic mass is 10.2. The number of primary amides is 1. The number of benzene rings is 2. The summed E-state index contributed by atoms with van der Waals surface area (Å²) in [6, 6.07) is 15.6. The maximum absolute atomic E-state index is 12.7. The Balaban J connectivity index is 2.35. The van der Waals surface area contributed by atoms with Crippen LogP contribution in [0, 0.1) is 6.92 Å². The minimum absolute atomic E-state index is 0.0972. The predicted octanol–water partition coefficient (Wildman–Crippen LogP) is 1.67. The summed E-state index contributed by atoms with van der Waals surface area (Å²) in [6.45, 7) is 1.62. The van der Waals surface area contributed by atoms with E-state index >= 15 is 0 Å². The summed E-state index contributed by atoms with van der Waals surface area (Å²) in [5, 5.41) is 0. The van der Waals surface area contributed by atoms with Gasteiger partial charge in [-0.3, -0.25) is 4.79 Å². The lowest BCUT2D eigenvalue weighted by molar-refractivity contribution is -0.118. The van der Waals surface area contributed by atoms with E-state index in [1.165, 1.54) is 12.1 Å². The lowest BCUT2D eigenvalue weighted by Crippen LogP contribution is -2.37. The molecule has 2 N–H and O–H groups in total. The van der Waals surface area contributed by atoms with Crippen molar-refractivity contribution in [2.45, 2.75) is 18.4 Å². The average molecular weight is 318 g/mol. The number of rotatable bonds is 6. The maximum Gasteiger partial charge on any atom is 0.243 e. The largest absolute Gasteiger partial charge is 0.369 e. The minimum atomic E-state index is -3.78. The van der Waals surface area contributed by atoms with Gasteiger partial charge in [-0.25, -0.2) is 8.42 Å². The van der Waals surface area contributed by atoms with Crippen molar-refractivity contribution >= 4 is 15.9 Å². The number of hydrogen-bond donors (Lipinski definition) is 1.